The van der Waals surface area contributed by atoms with E-state index >= 15 is 0 Å². The number of carbonyl (C=O) groups excluding carboxylic acids is 2. The van der Waals surface area contributed by atoms with Gasteiger partial charge >= 0.3 is 5.97 Å². The van der Waals surface area contributed by atoms with Gasteiger partial charge in [0.1, 0.15) is 5.82 Å². The van der Waals surface area contributed by atoms with Gasteiger partial charge in [-0.2, -0.15) is 5.10 Å². The molecule has 0 atom stereocenters. The molecule has 1 amide bonds. The van der Waals surface area contributed by atoms with E-state index in [1.807, 2.05) is 30.3 Å². The summed E-state index contributed by atoms with van der Waals surface area (Å²) in [6.45, 7) is 1.63. The summed E-state index contributed by atoms with van der Waals surface area (Å²) in [6.07, 6.45) is 1.56. The standard InChI is InChI=1S/C21H20FN3O4/c1-3-24(16-11-9-15(22)10-12-16)19(26)14-29-21(27)20-18(28-2)13-25(23-20)17-7-5-4-6-8-17/h4-13H,3,14H2,1-2H3. The van der Waals surface area contributed by atoms with Crippen molar-refractivity contribution in [1.82, 2.24) is 9.78 Å². The predicted octanol–water partition coefficient (Wildman–Crippen LogP) is 3.23. The number of benzene rings is 2. The fraction of sp³-hybridized carbons (Fsp3) is 0.190. The minimum absolute atomic E-state index is 0.0333. The molecular formula is C21H20FN3O4. The lowest BCUT2D eigenvalue weighted by molar-refractivity contribution is -0.121. The molecule has 0 radical (unpaired) electrons. The summed E-state index contributed by atoms with van der Waals surface area (Å²) in [5, 5.41) is 4.21. The van der Waals surface area contributed by atoms with Crippen molar-refractivity contribution < 1.29 is 23.5 Å². The lowest BCUT2D eigenvalue weighted by Gasteiger charge is -2.20. The van der Waals surface area contributed by atoms with Crippen LogP contribution >= 0.6 is 0 Å². The molecule has 0 bridgehead atoms. The van der Waals surface area contributed by atoms with Crippen molar-refractivity contribution in [3.8, 4) is 11.4 Å². The van der Waals surface area contributed by atoms with Gasteiger partial charge in [0.25, 0.3) is 5.91 Å². The highest BCUT2D eigenvalue weighted by Gasteiger charge is 2.22. The molecule has 0 saturated heterocycles. The van der Waals surface area contributed by atoms with Gasteiger partial charge in [0.05, 0.1) is 19.0 Å². The van der Waals surface area contributed by atoms with Crippen LogP contribution in [0.2, 0.25) is 0 Å². The number of nitrogens with zero attached hydrogens (tertiary/aromatic N) is 3. The molecular weight excluding hydrogens is 377 g/mol. The molecule has 1 aromatic heterocycles. The largest absolute Gasteiger partial charge is 0.493 e. The van der Waals surface area contributed by atoms with Gasteiger partial charge in [0.15, 0.2) is 12.4 Å². The molecule has 0 spiro atoms. The zero-order valence-electron chi connectivity index (χ0n) is 16.0. The van der Waals surface area contributed by atoms with E-state index in [-0.39, 0.29) is 11.4 Å². The first-order valence-electron chi connectivity index (χ1n) is 8.95. The van der Waals surface area contributed by atoms with Crippen molar-refractivity contribution >= 4 is 17.6 Å². The zero-order chi connectivity index (χ0) is 20.8. The highest BCUT2D eigenvalue weighted by molar-refractivity contribution is 5.97. The SMILES string of the molecule is CCN(C(=O)COC(=O)c1nn(-c2ccccc2)cc1OC)c1ccc(F)cc1. The number of esters is 1. The lowest BCUT2D eigenvalue weighted by Crippen LogP contribution is -2.34. The number of anilines is 1. The molecule has 0 aliphatic carbocycles. The van der Waals surface area contributed by atoms with E-state index in [0.29, 0.717) is 12.2 Å². The Morgan fingerprint density at radius 3 is 2.41 bits per heavy atom. The summed E-state index contributed by atoms with van der Waals surface area (Å²) in [5.41, 5.74) is 1.23. The molecule has 0 aliphatic rings. The van der Waals surface area contributed by atoms with Crippen molar-refractivity contribution in [2.24, 2.45) is 0 Å². The Hall–Kier alpha value is -3.68. The Labute approximate surface area is 167 Å². The first kappa shape index (κ1) is 20.1. The maximum absolute atomic E-state index is 13.1. The van der Waals surface area contributed by atoms with Crippen LogP contribution in [-0.2, 0) is 9.53 Å². The summed E-state index contributed by atoms with van der Waals surface area (Å²) in [7, 11) is 1.42. The Morgan fingerprint density at radius 1 is 1.10 bits per heavy atom. The predicted molar refractivity (Wildman–Crippen MR) is 105 cm³/mol. The van der Waals surface area contributed by atoms with E-state index in [4.69, 9.17) is 9.47 Å². The molecule has 0 fully saturated rings. The monoisotopic (exact) mass is 397 g/mol. The van der Waals surface area contributed by atoms with Gasteiger partial charge in [0, 0.05) is 12.2 Å². The number of halogens is 1. The van der Waals surface area contributed by atoms with Gasteiger partial charge in [-0.3, -0.25) is 4.79 Å². The van der Waals surface area contributed by atoms with Crippen LogP contribution in [-0.4, -0.2) is 41.9 Å². The molecule has 1 heterocycles. The third-order valence-corrected chi connectivity index (χ3v) is 4.20. The zero-order valence-corrected chi connectivity index (χ0v) is 16.0. The van der Waals surface area contributed by atoms with Crippen molar-refractivity contribution in [3.05, 3.63) is 72.3 Å². The average molecular weight is 397 g/mol. The topological polar surface area (TPSA) is 73.7 Å². The lowest BCUT2D eigenvalue weighted by atomic mass is 10.2. The Bertz CT molecular complexity index is 987. The van der Waals surface area contributed by atoms with Gasteiger partial charge in [-0.05, 0) is 43.3 Å². The van der Waals surface area contributed by atoms with Crippen molar-refractivity contribution in [2.75, 3.05) is 25.2 Å². The number of ether oxygens (including phenoxy) is 2. The maximum atomic E-state index is 13.1. The number of carbonyl (C=O) groups is 2. The molecule has 3 aromatic rings. The third-order valence-electron chi connectivity index (χ3n) is 4.20. The number of hydrogen-bond donors (Lipinski definition) is 0. The van der Waals surface area contributed by atoms with Crippen molar-refractivity contribution in [1.29, 1.82) is 0 Å². The highest BCUT2D eigenvalue weighted by atomic mass is 19.1. The van der Waals surface area contributed by atoms with Crippen molar-refractivity contribution in [3.63, 3.8) is 0 Å². The van der Waals surface area contributed by atoms with Gasteiger partial charge < -0.3 is 14.4 Å². The molecule has 0 unspecified atom stereocenters. The summed E-state index contributed by atoms with van der Waals surface area (Å²) in [4.78, 5) is 26.3. The average Bonchev–Trinajstić information content (AvgIpc) is 3.19. The van der Waals surface area contributed by atoms with Gasteiger partial charge in [-0.15, -0.1) is 0 Å². The number of amides is 1. The second kappa shape index (κ2) is 9.01. The van der Waals surface area contributed by atoms with Crippen LogP contribution in [0.3, 0.4) is 0 Å². The number of rotatable bonds is 7. The third kappa shape index (κ3) is 4.60. The summed E-state index contributed by atoms with van der Waals surface area (Å²) < 4.78 is 25.0. The maximum Gasteiger partial charge on any atom is 0.363 e. The minimum Gasteiger partial charge on any atom is -0.493 e. The molecule has 2 aromatic carbocycles. The first-order valence-corrected chi connectivity index (χ1v) is 8.95. The van der Waals surface area contributed by atoms with E-state index in [9.17, 15) is 14.0 Å². The highest BCUT2D eigenvalue weighted by Crippen LogP contribution is 2.21. The summed E-state index contributed by atoms with van der Waals surface area (Å²) >= 11 is 0. The van der Waals surface area contributed by atoms with Gasteiger partial charge in [-0.25, -0.2) is 13.9 Å². The van der Waals surface area contributed by atoms with Crippen LogP contribution < -0.4 is 9.64 Å². The second-order valence-electron chi connectivity index (χ2n) is 6.02. The van der Waals surface area contributed by atoms with Crippen LogP contribution in [0, 0.1) is 5.82 Å². The first-order chi connectivity index (χ1) is 14.0. The fourth-order valence-electron chi connectivity index (χ4n) is 2.76. The summed E-state index contributed by atoms with van der Waals surface area (Å²) in [5.74, 6) is -1.38. The molecule has 3 rings (SSSR count). The van der Waals surface area contributed by atoms with Crippen LogP contribution in [0.5, 0.6) is 5.75 Å². The number of aromatic nitrogens is 2. The molecule has 8 heteroatoms. The molecule has 150 valence electrons. The number of likely N-dealkylation sites (N-methyl/N-ethyl adjacent to an activating group) is 1. The van der Waals surface area contributed by atoms with Gasteiger partial charge in [-0.1, -0.05) is 18.2 Å². The van der Waals surface area contributed by atoms with Crippen LogP contribution in [0.15, 0.2) is 60.8 Å². The number of methoxy groups -OCH3 is 1. The van der Waals surface area contributed by atoms with Crippen LogP contribution in [0.25, 0.3) is 5.69 Å². The molecule has 29 heavy (non-hydrogen) atoms. The molecule has 0 N–H and O–H groups in total. The van der Waals surface area contributed by atoms with E-state index in [1.165, 1.54) is 41.0 Å². The number of para-hydroxylation sites is 1. The summed E-state index contributed by atoms with van der Waals surface area (Å²) in [6, 6.07) is 14.7. The smallest absolute Gasteiger partial charge is 0.363 e. The van der Waals surface area contributed by atoms with E-state index in [0.717, 1.165) is 5.69 Å². The fourth-order valence-corrected chi connectivity index (χ4v) is 2.76. The Kier molecular flexibility index (Phi) is 6.23. The molecule has 0 saturated carbocycles. The van der Waals surface area contributed by atoms with Crippen molar-refractivity contribution in [2.45, 2.75) is 6.92 Å². The van der Waals surface area contributed by atoms with Gasteiger partial charge in [0.2, 0.25) is 5.69 Å². The van der Waals surface area contributed by atoms with Crippen LogP contribution in [0.1, 0.15) is 17.4 Å². The Morgan fingerprint density at radius 2 is 1.79 bits per heavy atom. The minimum atomic E-state index is -0.778. The normalized spacial score (nSPS) is 10.4. The molecule has 7 nitrogen and oxygen atoms in total. The number of hydrogen-bond acceptors (Lipinski definition) is 5. The van der Waals surface area contributed by atoms with E-state index < -0.39 is 24.3 Å². The van der Waals surface area contributed by atoms with Crippen LogP contribution in [0.4, 0.5) is 10.1 Å². The van der Waals surface area contributed by atoms with E-state index in [2.05, 4.69) is 5.10 Å². The Balaban J connectivity index is 1.70. The molecule has 0 aliphatic heterocycles. The second-order valence-corrected chi connectivity index (χ2v) is 6.02. The van der Waals surface area contributed by atoms with E-state index in [1.54, 1.807) is 13.1 Å². The quantitative estimate of drug-likeness (QED) is 0.573.